The van der Waals surface area contributed by atoms with Crippen molar-refractivity contribution in [2.24, 2.45) is 22.2 Å². The maximum atomic E-state index is 9.38. The molecule has 0 heterocycles. The molecule has 0 N–H and O–H groups in total. The van der Waals surface area contributed by atoms with E-state index in [0.717, 1.165) is 19.3 Å². The Morgan fingerprint density at radius 3 is 1.25 bits per heavy atom. The van der Waals surface area contributed by atoms with Crippen molar-refractivity contribution in [3.8, 4) is 18.2 Å². The summed E-state index contributed by atoms with van der Waals surface area (Å²) in [6.07, 6.45) is 4.84. The molecule has 0 aliphatic heterocycles. The van der Waals surface area contributed by atoms with Crippen LogP contribution in [0.2, 0.25) is 0 Å². The van der Waals surface area contributed by atoms with E-state index in [4.69, 9.17) is 0 Å². The normalized spacial score (nSPS) is 52.7. The zero-order valence-electron chi connectivity index (χ0n) is 9.16. The Morgan fingerprint density at radius 1 is 0.688 bits per heavy atom. The van der Waals surface area contributed by atoms with E-state index in [-0.39, 0.29) is 16.2 Å². The maximum Gasteiger partial charge on any atom is 0.0691 e. The van der Waals surface area contributed by atoms with Crippen LogP contribution in [0.15, 0.2) is 0 Å². The van der Waals surface area contributed by atoms with Crippen molar-refractivity contribution >= 4 is 0 Å². The summed E-state index contributed by atoms with van der Waals surface area (Å²) in [5.41, 5.74) is -1.11. The van der Waals surface area contributed by atoms with Gasteiger partial charge in [0.1, 0.15) is 0 Å². The molecule has 4 bridgehead atoms. The van der Waals surface area contributed by atoms with Crippen LogP contribution >= 0.6 is 0 Å². The van der Waals surface area contributed by atoms with Crippen LogP contribution < -0.4 is 0 Å². The van der Waals surface area contributed by atoms with Crippen molar-refractivity contribution in [1.82, 2.24) is 0 Å². The lowest BCUT2D eigenvalue weighted by Gasteiger charge is -2.60. The Balaban J connectivity index is 2.12. The van der Waals surface area contributed by atoms with E-state index in [1.807, 2.05) is 0 Å². The molecule has 4 aliphatic rings. The number of nitriles is 3. The lowest BCUT2D eigenvalue weighted by Crippen LogP contribution is -2.55. The Kier molecular flexibility index (Phi) is 1.56. The van der Waals surface area contributed by atoms with Gasteiger partial charge in [0.05, 0.1) is 34.5 Å². The van der Waals surface area contributed by atoms with Crippen molar-refractivity contribution in [1.29, 1.82) is 15.8 Å². The van der Waals surface area contributed by atoms with Crippen molar-refractivity contribution in [2.45, 2.75) is 38.5 Å². The molecule has 3 nitrogen and oxygen atoms in total. The average molecular weight is 211 g/mol. The van der Waals surface area contributed by atoms with Gasteiger partial charge in [-0.1, -0.05) is 0 Å². The van der Waals surface area contributed by atoms with Crippen molar-refractivity contribution in [2.75, 3.05) is 0 Å². The highest BCUT2D eigenvalue weighted by Crippen LogP contribution is 2.69. The second-order valence-corrected chi connectivity index (χ2v) is 6.19. The van der Waals surface area contributed by atoms with Gasteiger partial charge in [0.2, 0.25) is 0 Å². The van der Waals surface area contributed by atoms with Gasteiger partial charge in [0.25, 0.3) is 0 Å². The molecule has 0 saturated heterocycles. The predicted molar refractivity (Wildman–Crippen MR) is 55.3 cm³/mol. The van der Waals surface area contributed by atoms with E-state index in [2.05, 4.69) is 18.2 Å². The fraction of sp³-hybridized carbons (Fsp3) is 0.769. The molecular weight excluding hydrogens is 198 g/mol. The van der Waals surface area contributed by atoms with Crippen molar-refractivity contribution in [3.63, 3.8) is 0 Å². The summed E-state index contributed by atoms with van der Waals surface area (Å²) in [7, 11) is 0. The molecule has 0 aromatic rings. The fourth-order valence-electron chi connectivity index (χ4n) is 4.81. The summed E-state index contributed by atoms with van der Waals surface area (Å²) in [6.45, 7) is 0. The Bertz CT molecular complexity index is 394. The summed E-state index contributed by atoms with van der Waals surface area (Å²) >= 11 is 0. The largest absolute Gasteiger partial charge is 0.198 e. The van der Waals surface area contributed by atoms with Crippen molar-refractivity contribution < 1.29 is 0 Å². The minimum absolute atomic E-state index is 0.370. The Hall–Kier alpha value is -1.53. The molecule has 0 spiro atoms. The monoisotopic (exact) mass is 211 g/mol. The fourth-order valence-corrected chi connectivity index (χ4v) is 4.81. The molecule has 0 unspecified atom stereocenters. The summed E-state index contributed by atoms with van der Waals surface area (Å²) in [5.74, 6) is 0.426. The van der Waals surface area contributed by atoms with Crippen LogP contribution in [0.5, 0.6) is 0 Å². The van der Waals surface area contributed by atoms with E-state index in [9.17, 15) is 15.8 Å². The van der Waals surface area contributed by atoms with Gasteiger partial charge in [-0.05, 0) is 44.4 Å². The smallest absolute Gasteiger partial charge is 0.0691 e. The highest BCUT2D eigenvalue weighted by atomic mass is 14.7. The van der Waals surface area contributed by atoms with Gasteiger partial charge in [-0.15, -0.1) is 0 Å². The third-order valence-electron chi connectivity index (χ3n) is 4.78. The number of rotatable bonds is 0. The quantitative estimate of drug-likeness (QED) is 0.618. The second kappa shape index (κ2) is 2.58. The van der Waals surface area contributed by atoms with Crippen LogP contribution in [0, 0.1) is 56.2 Å². The van der Waals surface area contributed by atoms with Crippen LogP contribution in [0.1, 0.15) is 38.5 Å². The molecular formula is C13H13N3. The van der Waals surface area contributed by atoms with Gasteiger partial charge in [-0.3, -0.25) is 0 Å². The first-order chi connectivity index (χ1) is 7.59. The SMILES string of the molecule is N#CC12CC3CC(C#N)(C1)CC(C#N)(C3)C2. The van der Waals surface area contributed by atoms with Gasteiger partial charge < -0.3 is 0 Å². The zero-order chi connectivity index (χ0) is 11.4. The van der Waals surface area contributed by atoms with E-state index in [0.29, 0.717) is 25.2 Å². The first kappa shape index (κ1) is 9.68. The van der Waals surface area contributed by atoms with Crippen LogP contribution in [0.4, 0.5) is 0 Å². The predicted octanol–water partition coefficient (Wildman–Crippen LogP) is 2.51. The third kappa shape index (κ3) is 1.00. The molecule has 0 aromatic carbocycles. The number of hydrogen-bond acceptors (Lipinski definition) is 3. The second-order valence-electron chi connectivity index (χ2n) is 6.19. The molecule has 3 heteroatoms. The lowest BCUT2D eigenvalue weighted by molar-refractivity contribution is -0.0863. The molecule has 0 radical (unpaired) electrons. The number of hydrogen-bond donors (Lipinski definition) is 0. The minimum Gasteiger partial charge on any atom is -0.198 e. The molecule has 0 aromatic heterocycles. The van der Waals surface area contributed by atoms with Gasteiger partial charge in [0.15, 0.2) is 0 Å². The van der Waals surface area contributed by atoms with Gasteiger partial charge in [-0.2, -0.15) is 15.8 Å². The first-order valence-corrected chi connectivity index (χ1v) is 5.83. The van der Waals surface area contributed by atoms with Crippen LogP contribution in [-0.2, 0) is 0 Å². The molecule has 0 atom stereocenters. The van der Waals surface area contributed by atoms with Crippen LogP contribution in [-0.4, -0.2) is 0 Å². The molecule has 4 saturated carbocycles. The molecule has 0 amide bonds. The Labute approximate surface area is 95.3 Å². The van der Waals surface area contributed by atoms with E-state index in [1.54, 1.807) is 0 Å². The standard InChI is InChI=1S/C13H13N3/c14-7-11-1-10-2-12(4-11,8-15)6-13(3-10,5-11)9-16/h10H,1-6H2. The van der Waals surface area contributed by atoms with Gasteiger partial charge >= 0.3 is 0 Å². The van der Waals surface area contributed by atoms with E-state index in [1.165, 1.54) is 0 Å². The van der Waals surface area contributed by atoms with Gasteiger partial charge in [0, 0.05) is 0 Å². The van der Waals surface area contributed by atoms with Crippen LogP contribution in [0.25, 0.3) is 0 Å². The summed E-state index contributed by atoms with van der Waals surface area (Å²) < 4.78 is 0. The average Bonchev–Trinajstić information content (AvgIpc) is 2.28. The third-order valence-corrected chi connectivity index (χ3v) is 4.78. The maximum absolute atomic E-state index is 9.38. The molecule has 4 aliphatic carbocycles. The zero-order valence-corrected chi connectivity index (χ0v) is 9.16. The topological polar surface area (TPSA) is 71.4 Å². The molecule has 16 heavy (non-hydrogen) atoms. The highest BCUT2D eigenvalue weighted by molar-refractivity contribution is 5.27. The number of nitrogens with zero attached hydrogens (tertiary/aromatic N) is 3. The van der Waals surface area contributed by atoms with Gasteiger partial charge in [-0.25, -0.2) is 0 Å². The summed E-state index contributed by atoms with van der Waals surface area (Å²) in [4.78, 5) is 0. The first-order valence-electron chi connectivity index (χ1n) is 5.83. The van der Waals surface area contributed by atoms with Crippen LogP contribution in [0.3, 0.4) is 0 Å². The summed E-state index contributed by atoms with van der Waals surface area (Å²) in [6, 6.07) is 7.28. The molecule has 4 fully saturated rings. The molecule has 4 rings (SSSR count). The summed E-state index contributed by atoms with van der Waals surface area (Å²) in [5, 5.41) is 28.1. The molecule has 80 valence electrons. The highest BCUT2D eigenvalue weighted by Gasteiger charge is 2.64. The minimum atomic E-state index is -0.370. The van der Waals surface area contributed by atoms with E-state index < -0.39 is 0 Å². The van der Waals surface area contributed by atoms with Crippen molar-refractivity contribution in [3.05, 3.63) is 0 Å². The lowest BCUT2D eigenvalue weighted by atomic mass is 9.40. The van der Waals surface area contributed by atoms with E-state index >= 15 is 0 Å². The Morgan fingerprint density at radius 2 is 1.00 bits per heavy atom.